The van der Waals surface area contributed by atoms with Gasteiger partial charge in [0, 0.05) is 6.42 Å². The third-order valence-corrected chi connectivity index (χ3v) is 3.23. The second-order valence-electron chi connectivity index (χ2n) is 5.12. The number of hydrogen-bond acceptors (Lipinski definition) is 3. The Morgan fingerprint density at radius 1 is 1.39 bits per heavy atom. The van der Waals surface area contributed by atoms with Crippen molar-refractivity contribution in [1.82, 2.24) is 0 Å². The van der Waals surface area contributed by atoms with Crippen molar-refractivity contribution in [2.75, 3.05) is 0 Å². The lowest BCUT2D eigenvalue weighted by molar-refractivity contribution is -0.160. The maximum atomic E-state index is 11.0. The molecule has 4 nitrogen and oxygen atoms in total. The van der Waals surface area contributed by atoms with Crippen molar-refractivity contribution in [3.8, 4) is 0 Å². The first kappa shape index (κ1) is 12.6. The van der Waals surface area contributed by atoms with E-state index in [-0.39, 0.29) is 0 Å². The first-order valence-corrected chi connectivity index (χ1v) is 6.01. The summed E-state index contributed by atoms with van der Waals surface area (Å²) in [5.41, 5.74) is 1.63. The van der Waals surface area contributed by atoms with E-state index in [1.54, 1.807) is 0 Å². The summed E-state index contributed by atoms with van der Waals surface area (Å²) in [6.07, 6.45) is 0.295. The van der Waals surface area contributed by atoms with Crippen molar-refractivity contribution in [2.24, 2.45) is 5.16 Å². The molecule has 0 aliphatic carbocycles. The summed E-state index contributed by atoms with van der Waals surface area (Å²) in [5.74, 6) is -0.509. The summed E-state index contributed by atoms with van der Waals surface area (Å²) in [4.78, 5) is 16.1. The Morgan fingerprint density at radius 2 is 2.00 bits per heavy atom. The Morgan fingerprint density at radius 3 is 2.44 bits per heavy atom. The van der Waals surface area contributed by atoms with Gasteiger partial charge in [-0.3, -0.25) is 0 Å². The summed E-state index contributed by atoms with van der Waals surface area (Å²) in [5, 5.41) is 12.9. The predicted octanol–water partition coefficient (Wildman–Crippen LogP) is 2.78. The quantitative estimate of drug-likeness (QED) is 0.893. The van der Waals surface area contributed by atoms with Crippen LogP contribution in [-0.4, -0.2) is 22.4 Å². The average Bonchev–Trinajstić information content (AvgIpc) is 2.73. The van der Waals surface area contributed by atoms with E-state index < -0.39 is 11.6 Å². The van der Waals surface area contributed by atoms with Gasteiger partial charge >= 0.3 is 5.97 Å². The SMILES string of the molecule is CC(C)c1ccc(C2=NO[C@](C)(C(=O)O)C2)cc1. The van der Waals surface area contributed by atoms with Crippen LogP contribution in [0.4, 0.5) is 0 Å². The summed E-state index contributed by atoms with van der Waals surface area (Å²) < 4.78 is 0. The number of oxime groups is 1. The fourth-order valence-corrected chi connectivity index (χ4v) is 1.87. The van der Waals surface area contributed by atoms with E-state index in [0.717, 1.165) is 5.56 Å². The van der Waals surface area contributed by atoms with Crippen LogP contribution in [0.1, 0.15) is 44.2 Å². The molecule has 0 saturated carbocycles. The second-order valence-corrected chi connectivity index (χ2v) is 5.12. The van der Waals surface area contributed by atoms with Crippen LogP contribution in [0.15, 0.2) is 29.4 Å². The fourth-order valence-electron chi connectivity index (χ4n) is 1.87. The van der Waals surface area contributed by atoms with Gasteiger partial charge in [0.1, 0.15) is 0 Å². The minimum absolute atomic E-state index is 0.295. The zero-order valence-electron chi connectivity index (χ0n) is 10.8. The topological polar surface area (TPSA) is 58.9 Å². The molecule has 0 spiro atoms. The van der Waals surface area contributed by atoms with Gasteiger partial charge in [0.15, 0.2) is 0 Å². The molecule has 0 unspecified atom stereocenters. The number of rotatable bonds is 3. The van der Waals surface area contributed by atoms with E-state index in [9.17, 15) is 4.79 Å². The number of aliphatic carboxylic acids is 1. The molecule has 1 heterocycles. The van der Waals surface area contributed by atoms with E-state index in [0.29, 0.717) is 18.1 Å². The summed E-state index contributed by atoms with van der Waals surface area (Å²) in [6, 6.07) is 8.01. The van der Waals surface area contributed by atoms with Gasteiger partial charge in [-0.25, -0.2) is 4.79 Å². The van der Waals surface area contributed by atoms with E-state index in [1.807, 2.05) is 24.3 Å². The van der Waals surface area contributed by atoms with Crippen LogP contribution < -0.4 is 0 Å². The van der Waals surface area contributed by atoms with Crippen molar-refractivity contribution < 1.29 is 14.7 Å². The monoisotopic (exact) mass is 247 g/mol. The highest BCUT2D eigenvalue weighted by Crippen LogP contribution is 2.27. The molecule has 4 heteroatoms. The first-order valence-electron chi connectivity index (χ1n) is 6.01. The number of nitrogens with zero attached hydrogens (tertiary/aromatic N) is 1. The third kappa shape index (κ3) is 2.23. The summed E-state index contributed by atoms with van der Waals surface area (Å²) >= 11 is 0. The molecule has 18 heavy (non-hydrogen) atoms. The highest BCUT2D eigenvalue weighted by Gasteiger charge is 2.42. The number of carboxylic acid groups (broad SMARTS) is 1. The van der Waals surface area contributed by atoms with E-state index in [1.165, 1.54) is 12.5 Å². The number of hydrogen-bond donors (Lipinski definition) is 1. The van der Waals surface area contributed by atoms with Gasteiger partial charge < -0.3 is 9.94 Å². The molecule has 0 fully saturated rings. The van der Waals surface area contributed by atoms with Crippen LogP contribution in [-0.2, 0) is 9.63 Å². The van der Waals surface area contributed by atoms with Crippen LogP contribution >= 0.6 is 0 Å². The Bertz CT molecular complexity index is 490. The van der Waals surface area contributed by atoms with Crippen LogP contribution in [0.25, 0.3) is 0 Å². The minimum atomic E-state index is -1.23. The van der Waals surface area contributed by atoms with Crippen molar-refractivity contribution in [1.29, 1.82) is 0 Å². The lowest BCUT2D eigenvalue weighted by Gasteiger charge is -2.14. The van der Waals surface area contributed by atoms with Crippen molar-refractivity contribution >= 4 is 11.7 Å². The molecule has 0 saturated heterocycles. The third-order valence-electron chi connectivity index (χ3n) is 3.23. The van der Waals surface area contributed by atoms with E-state index >= 15 is 0 Å². The van der Waals surface area contributed by atoms with Crippen LogP contribution in [0, 0.1) is 0 Å². The molecule has 1 aliphatic heterocycles. The standard InChI is InChI=1S/C14H17NO3/c1-9(2)10-4-6-11(7-5-10)12-8-14(3,13(16)17)18-15-12/h4-7,9H,8H2,1-3H3,(H,16,17)/t14-/m0/s1. The minimum Gasteiger partial charge on any atom is -0.478 e. The van der Waals surface area contributed by atoms with Gasteiger partial charge in [0.05, 0.1) is 5.71 Å². The molecule has 1 aromatic carbocycles. The maximum Gasteiger partial charge on any atom is 0.351 e. The molecule has 1 atom stereocenters. The van der Waals surface area contributed by atoms with Crippen LogP contribution in [0.5, 0.6) is 0 Å². The van der Waals surface area contributed by atoms with Crippen molar-refractivity contribution in [2.45, 2.75) is 38.7 Å². The normalized spacial score (nSPS) is 22.8. The van der Waals surface area contributed by atoms with Crippen LogP contribution in [0.2, 0.25) is 0 Å². The first-order chi connectivity index (χ1) is 8.42. The van der Waals surface area contributed by atoms with Crippen molar-refractivity contribution in [3.63, 3.8) is 0 Å². The molecule has 96 valence electrons. The second kappa shape index (κ2) is 4.44. The van der Waals surface area contributed by atoms with Gasteiger partial charge in [0.2, 0.25) is 5.60 Å². The highest BCUT2D eigenvalue weighted by atomic mass is 16.7. The predicted molar refractivity (Wildman–Crippen MR) is 68.8 cm³/mol. The molecule has 1 aliphatic rings. The van der Waals surface area contributed by atoms with Crippen LogP contribution in [0.3, 0.4) is 0 Å². The molecule has 0 aromatic heterocycles. The highest BCUT2D eigenvalue weighted by molar-refractivity contribution is 6.04. The van der Waals surface area contributed by atoms with Gasteiger partial charge in [-0.05, 0) is 24.0 Å². The van der Waals surface area contributed by atoms with E-state index in [4.69, 9.17) is 9.94 Å². The Hall–Kier alpha value is -1.84. The Labute approximate surface area is 106 Å². The van der Waals surface area contributed by atoms with E-state index in [2.05, 4.69) is 19.0 Å². The number of carboxylic acids is 1. The molecule has 0 amide bonds. The van der Waals surface area contributed by atoms with Crippen molar-refractivity contribution in [3.05, 3.63) is 35.4 Å². The molecular weight excluding hydrogens is 230 g/mol. The molecule has 1 N–H and O–H groups in total. The zero-order chi connectivity index (χ0) is 13.3. The molecule has 0 bridgehead atoms. The Kier molecular flexibility index (Phi) is 3.11. The van der Waals surface area contributed by atoms with Gasteiger partial charge in [-0.15, -0.1) is 0 Å². The number of benzene rings is 1. The lowest BCUT2D eigenvalue weighted by Crippen LogP contribution is -2.35. The van der Waals surface area contributed by atoms with Gasteiger partial charge in [-0.2, -0.15) is 0 Å². The smallest absolute Gasteiger partial charge is 0.351 e. The largest absolute Gasteiger partial charge is 0.478 e. The van der Waals surface area contributed by atoms with Gasteiger partial charge in [0.25, 0.3) is 0 Å². The lowest BCUT2D eigenvalue weighted by atomic mass is 9.94. The summed E-state index contributed by atoms with van der Waals surface area (Å²) in [7, 11) is 0. The average molecular weight is 247 g/mol. The zero-order valence-corrected chi connectivity index (χ0v) is 10.8. The maximum absolute atomic E-state index is 11.0. The fraction of sp³-hybridized carbons (Fsp3) is 0.429. The molecular formula is C14H17NO3. The number of carbonyl (C=O) groups is 1. The summed E-state index contributed by atoms with van der Waals surface area (Å²) in [6.45, 7) is 5.80. The van der Waals surface area contributed by atoms with Gasteiger partial charge in [-0.1, -0.05) is 43.3 Å². The molecule has 1 aromatic rings. The molecule has 2 rings (SSSR count). The Balaban J connectivity index is 2.17. The molecule has 0 radical (unpaired) electrons.